The number of carbonyl (C=O) groups is 2. The van der Waals surface area contributed by atoms with Crippen molar-refractivity contribution < 1.29 is 55.5 Å². The van der Waals surface area contributed by atoms with Gasteiger partial charge in [-0.05, 0) is 85.3 Å². The quantitative estimate of drug-likeness (QED) is 0.0777. The second-order valence-corrected chi connectivity index (χ2v) is 17.2. The van der Waals surface area contributed by atoms with E-state index in [1.807, 2.05) is 109 Å². The Kier molecular flexibility index (Phi) is 23.1. The molecule has 0 aliphatic carbocycles. The van der Waals surface area contributed by atoms with Crippen molar-refractivity contribution in [1.82, 2.24) is 0 Å². The van der Waals surface area contributed by atoms with E-state index in [2.05, 4.69) is 0 Å². The number of rotatable bonds is 16. The first-order valence-corrected chi connectivity index (χ1v) is 19.7. The van der Waals surface area contributed by atoms with Gasteiger partial charge in [-0.2, -0.15) is 0 Å². The Labute approximate surface area is 404 Å². The summed E-state index contributed by atoms with van der Waals surface area (Å²) in [7, 11) is -3.41. The molecule has 2 atom stereocenters. The van der Waals surface area contributed by atoms with Crippen LogP contribution in [0.5, 0.6) is 23.0 Å². The summed E-state index contributed by atoms with van der Waals surface area (Å²) in [6.07, 6.45) is 2.30. The second kappa shape index (κ2) is 24.3. The molecular formula is C38H50K2N2O10P2. The predicted octanol–water partition coefficient (Wildman–Crippen LogP) is 5.74. The summed E-state index contributed by atoms with van der Waals surface area (Å²) in [5.41, 5.74) is 2.03. The van der Waals surface area contributed by atoms with Gasteiger partial charge in [0.1, 0.15) is 23.0 Å². The van der Waals surface area contributed by atoms with Crippen LogP contribution < -0.4 is 19.3 Å². The van der Waals surface area contributed by atoms with E-state index in [-0.39, 0.29) is 116 Å². The zero-order valence-corrected chi connectivity index (χ0v) is 32.3. The van der Waals surface area contributed by atoms with Crippen molar-refractivity contribution in [3.63, 3.8) is 0 Å². The third-order valence-corrected chi connectivity index (χ3v) is 12.3. The first-order chi connectivity index (χ1) is 24.4. The molecule has 16 heteroatoms. The standard InChI is InChI=1S/2C19H24NO5P.2K.2H/c2*1-16(21)20(2,3)26(22,23)24-14-8-10-17-9-7-13-19(15-17)25-18-11-5-4-6-12-18;;;;/h2*4-7,9,11-13,15H,8,10,14H2,1-3H3;;;;. The fourth-order valence-corrected chi connectivity index (χ4v) is 6.31. The first-order valence-electron chi connectivity index (χ1n) is 16.7. The van der Waals surface area contributed by atoms with Gasteiger partial charge in [0.05, 0.1) is 55.3 Å². The van der Waals surface area contributed by atoms with Crippen LogP contribution in [0.1, 0.15) is 37.8 Å². The van der Waals surface area contributed by atoms with Crippen molar-refractivity contribution in [3.05, 3.63) is 120 Å². The van der Waals surface area contributed by atoms with Gasteiger partial charge in [-0.15, -0.1) is 0 Å². The van der Waals surface area contributed by atoms with Gasteiger partial charge in [0, 0.05) is 0 Å². The number of quaternary nitrogens is 2. The molecule has 0 spiro atoms. The SMILES string of the molecule is CC(=O)[N+](C)(C)P(=O)([O-])OCCCc1cccc(Oc2ccccc2)c1.CC(=O)[N+](C)(C)P(=O)([O-])OCCCc1cccc(Oc2ccccc2)c1.[KH].[KH]. The van der Waals surface area contributed by atoms with Crippen LogP contribution in [0.2, 0.25) is 0 Å². The van der Waals surface area contributed by atoms with Crippen LogP contribution >= 0.6 is 15.5 Å². The van der Waals surface area contributed by atoms with E-state index >= 15 is 0 Å². The van der Waals surface area contributed by atoms with Crippen molar-refractivity contribution in [1.29, 1.82) is 0 Å². The maximum absolute atomic E-state index is 12.1. The van der Waals surface area contributed by atoms with Crippen molar-refractivity contribution in [3.8, 4) is 23.0 Å². The molecule has 0 saturated carbocycles. The Bertz CT molecular complexity index is 1730. The maximum atomic E-state index is 12.1. The minimum atomic E-state index is -4.31. The fourth-order valence-electron chi connectivity index (χ4n) is 4.32. The molecule has 0 N–H and O–H groups in total. The second-order valence-electron chi connectivity index (χ2n) is 12.8. The Balaban J connectivity index is 0.000000521. The van der Waals surface area contributed by atoms with Gasteiger partial charge in [0.2, 0.25) is 0 Å². The zero-order chi connectivity index (χ0) is 38.4. The van der Waals surface area contributed by atoms with Crippen LogP contribution in [-0.4, -0.2) is 164 Å². The van der Waals surface area contributed by atoms with E-state index in [0.29, 0.717) is 25.7 Å². The van der Waals surface area contributed by atoms with Gasteiger partial charge >= 0.3 is 130 Å². The van der Waals surface area contributed by atoms with Crippen molar-refractivity contribution in [2.24, 2.45) is 0 Å². The normalized spacial score (nSPS) is 13.3. The molecule has 0 heterocycles. The average molecular weight is 835 g/mol. The molecule has 0 aliphatic heterocycles. The molecule has 12 nitrogen and oxygen atoms in total. The summed E-state index contributed by atoms with van der Waals surface area (Å²) in [5.74, 6) is 1.97. The summed E-state index contributed by atoms with van der Waals surface area (Å²) in [6.45, 7) is 2.51. The van der Waals surface area contributed by atoms with Gasteiger partial charge in [0.15, 0.2) is 0 Å². The van der Waals surface area contributed by atoms with Crippen LogP contribution in [0.4, 0.5) is 0 Å². The number of amides is 2. The van der Waals surface area contributed by atoms with Gasteiger partial charge in [-0.25, -0.2) is 27.2 Å². The van der Waals surface area contributed by atoms with E-state index in [0.717, 1.165) is 34.1 Å². The molecule has 54 heavy (non-hydrogen) atoms. The van der Waals surface area contributed by atoms with Gasteiger partial charge < -0.3 is 19.3 Å². The van der Waals surface area contributed by atoms with Crippen molar-refractivity contribution >= 4 is 130 Å². The van der Waals surface area contributed by atoms with Crippen molar-refractivity contribution in [2.45, 2.75) is 39.5 Å². The van der Waals surface area contributed by atoms with Crippen molar-refractivity contribution in [2.75, 3.05) is 41.4 Å². The summed E-state index contributed by atoms with van der Waals surface area (Å²) >= 11 is 0. The fraction of sp³-hybridized carbons (Fsp3) is 0.316. The van der Waals surface area contributed by atoms with Crippen LogP contribution in [0, 0.1) is 0 Å². The van der Waals surface area contributed by atoms with E-state index in [1.165, 1.54) is 42.0 Å². The molecule has 0 bridgehead atoms. The van der Waals surface area contributed by atoms with Gasteiger partial charge in [-0.1, -0.05) is 60.7 Å². The summed E-state index contributed by atoms with van der Waals surface area (Å²) < 4.78 is 44.2. The molecule has 4 aromatic carbocycles. The van der Waals surface area contributed by atoms with Crippen LogP contribution in [0.3, 0.4) is 0 Å². The molecule has 4 rings (SSSR count). The Morgan fingerprint density at radius 1 is 0.537 bits per heavy atom. The molecule has 284 valence electrons. The molecule has 0 fully saturated rings. The van der Waals surface area contributed by atoms with Crippen LogP contribution in [0.25, 0.3) is 0 Å². The molecule has 2 unspecified atom stereocenters. The van der Waals surface area contributed by atoms with E-state index in [9.17, 15) is 28.5 Å². The number of nitrogens with zero attached hydrogens (tertiary/aromatic N) is 2. The van der Waals surface area contributed by atoms with Crippen LogP contribution in [-0.2, 0) is 40.6 Å². The van der Waals surface area contributed by atoms with Gasteiger partial charge in [-0.3, -0.25) is 9.05 Å². The monoisotopic (exact) mass is 834 g/mol. The third-order valence-electron chi connectivity index (χ3n) is 8.25. The van der Waals surface area contributed by atoms with E-state index in [1.54, 1.807) is 0 Å². The molecule has 0 aliphatic rings. The molecule has 0 radical (unpaired) electrons. The number of aryl methyl sites for hydroxylation is 2. The number of hydrogen-bond acceptors (Lipinski definition) is 10. The molecule has 0 saturated heterocycles. The zero-order valence-electron chi connectivity index (χ0n) is 30.5. The Morgan fingerprint density at radius 3 is 1.17 bits per heavy atom. The van der Waals surface area contributed by atoms with E-state index < -0.39 is 35.8 Å². The Morgan fingerprint density at radius 2 is 0.852 bits per heavy atom. The number of ether oxygens (including phenoxy) is 2. The van der Waals surface area contributed by atoms with Gasteiger partial charge in [0.25, 0.3) is 0 Å². The van der Waals surface area contributed by atoms with Crippen LogP contribution in [0.15, 0.2) is 109 Å². The molecular weight excluding hydrogens is 785 g/mol. The van der Waals surface area contributed by atoms with E-state index in [4.69, 9.17) is 18.5 Å². The number of benzene rings is 4. The third kappa shape index (κ3) is 16.3. The summed E-state index contributed by atoms with van der Waals surface area (Å²) in [5, 5.41) is 0. The Hall–Kier alpha value is -0.687. The number of hydrogen-bond donors (Lipinski definition) is 0. The summed E-state index contributed by atoms with van der Waals surface area (Å²) in [6, 6.07) is 34.2. The minimum absolute atomic E-state index is 0. The number of para-hydroxylation sites is 2. The number of carbonyl (C=O) groups excluding carboxylic acids is 2. The molecule has 4 aromatic rings. The average Bonchev–Trinajstić information content (AvgIpc) is 3.10. The topological polar surface area (TPSA) is 151 Å². The predicted molar refractivity (Wildman–Crippen MR) is 210 cm³/mol. The molecule has 0 aromatic heterocycles. The molecule has 2 amide bonds. The summed E-state index contributed by atoms with van der Waals surface area (Å²) in [4.78, 5) is 47.1. The first kappa shape index (κ1) is 51.3.